The van der Waals surface area contributed by atoms with E-state index in [1.54, 1.807) is 62.3 Å². The molecule has 0 aromatic carbocycles. The van der Waals surface area contributed by atoms with E-state index in [2.05, 4.69) is 17.5 Å². The molecule has 2 aliphatic heterocycles. The van der Waals surface area contributed by atoms with Crippen molar-refractivity contribution in [2.75, 3.05) is 11.5 Å². The van der Waals surface area contributed by atoms with Gasteiger partial charge in [0.2, 0.25) is 11.8 Å². The van der Waals surface area contributed by atoms with E-state index < -0.39 is 82.6 Å². The van der Waals surface area contributed by atoms with Crippen molar-refractivity contribution >= 4 is 37.6 Å². The number of nitriles is 2. The zero-order chi connectivity index (χ0) is 36.1. The Morgan fingerprint density at radius 2 is 1.17 bits per heavy atom. The molecule has 264 valence electrons. The summed E-state index contributed by atoms with van der Waals surface area (Å²) in [5.74, 6) is -1.17. The molecular weight excluding hydrogens is 649 g/mol. The number of carbonyl (C=O) groups excluding carboxylic acids is 3. The van der Waals surface area contributed by atoms with Crippen molar-refractivity contribution in [3.63, 3.8) is 0 Å². The number of amides is 3. The van der Waals surface area contributed by atoms with Gasteiger partial charge in [-0.2, -0.15) is 10.5 Å². The summed E-state index contributed by atoms with van der Waals surface area (Å²) in [6, 6.07) is 0.852. The van der Waals surface area contributed by atoms with Crippen molar-refractivity contribution < 1.29 is 36.0 Å². The highest BCUT2D eigenvalue weighted by Gasteiger charge is 2.56. The van der Waals surface area contributed by atoms with Gasteiger partial charge in [0, 0.05) is 12.1 Å². The molecule has 3 N–H and O–H groups in total. The van der Waals surface area contributed by atoms with Gasteiger partial charge in [-0.1, -0.05) is 0 Å². The first-order chi connectivity index (χ1) is 21.2. The minimum atomic E-state index is -3.69. The second-order valence-electron chi connectivity index (χ2n) is 16.0. The van der Waals surface area contributed by atoms with Gasteiger partial charge in [0.1, 0.15) is 23.7 Å². The minimum Gasteiger partial charge on any atom is -0.444 e. The maximum Gasteiger partial charge on any atom is 0.408 e. The molecule has 2 saturated carbocycles. The average Bonchev–Trinajstić information content (AvgIpc) is 3.78. The summed E-state index contributed by atoms with van der Waals surface area (Å²) in [5, 5.41) is 20.8. The normalized spacial score (nSPS) is 27.9. The Kier molecular flexibility index (Phi) is 10.8. The lowest BCUT2D eigenvalue weighted by Gasteiger charge is -2.30. The van der Waals surface area contributed by atoms with Crippen LogP contribution in [-0.2, 0) is 34.0 Å². The third-order valence-electron chi connectivity index (χ3n) is 8.97. The van der Waals surface area contributed by atoms with E-state index in [-0.39, 0.29) is 17.8 Å². The lowest BCUT2D eigenvalue weighted by atomic mass is 10.1. The van der Waals surface area contributed by atoms with Gasteiger partial charge in [-0.05, 0) is 99.8 Å². The minimum absolute atomic E-state index is 0.0394. The average molecular weight is 699 g/mol. The zero-order valence-electron chi connectivity index (χ0n) is 28.8. The van der Waals surface area contributed by atoms with Gasteiger partial charge >= 0.3 is 6.09 Å². The lowest BCUT2D eigenvalue weighted by Crippen LogP contribution is -2.55. The standard InChI is InChI=1S/C18H29N3O5S.C13H21N3O3S/c1-17(2,3)26-16(23)20-13(10-27(24,25)18(4,5)6)15(22)21-12(9-19)7-11-8-14(11)21;1-13(2,3)20(18,19)7-10(15)12(17)16-9(6-14)4-8-5-11(8)16/h11-14H,7-8,10H2,1-6H3,(H,20,23);8-11H,4-5,7,15H2,1-3H3/t11-,12+,13+,14+;8-,9+,10+,11+/m11/s1. The molecule has 0 radical (unpaired) electrons. The van der Waals surface area contributed by atoms with Gasteiger partial charge in [0.25, 0.3) is 0 Å². The number of nitrogens with zero attached hydrogens (tertiary/aromatic N) is 4. The Morgan fingerprint density at radius 1 is 0.766 bits per heavy atom. The largest absolute Gasteiger partial charge is 0.444 e. The molecule has 0 aromatic rings. The van der Waals surface area contributed by atoms with E-state index in [0.29, 0.717) is 24.7 Å². The first-order valence-corrected chi connectivity index (χ1v) is 19.2. The highest BCUT2D eigenvalue weighted by molar-refractivity contribution is 7.93. The molecule has 2 saturated heterocycles. The number of hydrogen-bond acceptors (Lipinski definition) is 11. The molecule has 2 heterocycles. The van der Waals surface area contributed by atoms with Crippen LogP contribution in [0.2, 0.25) is 0 Å². The maximum absolute atomic E-state index is 13.1. The second-order valence-corrected chi connectivity index (χ2v) is 21.5. The Morgan fingerprint density at radius 3 is 1.55 bits per heavy atom. The van der Waals surface area contributed by atoms with Gasteiger partial charge in [0.15, 0.2) is 19.7 Å². The van der Waals surface area contributed by atoms with Crippen molar-refractivity contribution in [3.8, 4) is 12.1 Å². The van der Waals surface area contributed by atoms with Crippen LogP contribution in [0.4, 0.5) is 4.79 Å². The molecular formula is C31H50N6O8S2. The molecule has 4 aliphatic rings. The van der Waals surface area contributed by atoms with Gasteiger partial charge < -0.3 is 25.6 Å². The number of rotatable bonds is 7. The van der Waals surface area contributed by atoms with E-state index in [1.165, 1.54) is 9.80 Å². The Bertz CT molecular complexity index is 1550. The monoisotopic (exact) mass is 698 g/mol. The van der Waals surface area contributed by atoms with E-state index in [1.807, 2.05) is 0 Å². The molecule has 0 aromatic heterocycles. The third kappa shape index (κ3) is 8.95. The van der Waals surface area contributed by atoms with Crippen LogP contribution in [0.15, 0.2) is 0 Å². The number of piperidine rings is 2. The van der Waals surface area contributed by atoms with Crippen LogP contribution in [0.3, 0.4) is 0 Å². The summed E-state index contributed by atoms with van der Waals surface area (Å²) in [5.41, 5.74) is 5.01. The quantitative estimate of drug-likeness (QED) is 0.389. The first kappa shape index (κ1) is 38.5. The Labute approximate surface area is 279 Å². The summed E-state index contributed by atoms with van der Waals surface area (Å²) in [4.78, 5) is 40.6. The summed E-state index contributed by atoms with van der Waals surface area (Å²) in [6.07, 6.45) is 2.15. The SMILES string of the molecule is CC(C)(C)OC(=O)N[C@@H](CS(=O)(=O)C(C)(C)C)C(=O)N1[C@H](C#N)C[C@@H]2C[C@@H]21.CC(C)(C)S(=O)(=O)C[C@H](N)C(=O)N1[C@H](C#N)C[C@@H]2C[C@@H]21. The van der Waals surface area contributed by atoms with Crippen LogP contribution in [-0.4, -0.2) is 107 Å². The summed E-state index contributed by atoms with van der Waals surface area (Å²) in [6.45, 7) is 14.4. The number of alkyl carbamates (subject to hydrolysis) is 1. The number of nitrogens with two attached hydrogens (primary N) is 1. The molecule has 0 spiro atoms. The van der Waals surface area contributed by atoms with E-state index in [4.69, 9.17) is 15.7 Å². The van der Waals surface area contributed by atoms with Crippen LogP contribution in [0.25, 0.3) is 0 Å². The number of fused-ring (bicyclic) bond motifs is 2. The number of likely N-dealkylation sites (tertiary alicyclic amines) is 2. The zero-order valence-corrected chi connectivity index (χ0v) is 30.4. The fourth-order valence-corrected chi connectivity index (χ4v) is 8.08. The van der Waals surface area contributed by atoms with Crippen LogP contribution in [0, 0.1) is 34.5 Å². The molecule has 16 heteroatoms. The number of carbonyl (C=O) groups is 3. The predicted molar refractivity (Wildman–Crippen MR) is 174 cm³/mol. The Balaban J connectivity index is 0.000000267. The predicted octanol–water partition coefficient (Wildman–Crippen LogP) is 1.65. The number of ether oxygens (including phenoxy) is 1. The number of sulfone groups is 2. The highest BCUT2D eigenvalue weighted by Crippen LogP contribution is 2.48. The maximum atomic E-state index is 13.1. The molecule has 0 bridgehead atoms. The van der Waals surface area contributed by atoms with Crippen molar-refractivity contribution in [1.82, 2.24) is 15.1 Å². The van der Waals surface area contributed by atoms with Crippen LogP contribution < -0.4 is 11.1 Å². The molecule has 0 unspecified atom stereocenters. The van der Waals surface area contributed by atoms with Gasteiger partial charge in [-0.15, -0.1) is 0 Å². The van der Waals surface area contributed by atoms with Gasteiger partial charge in [-0.3, -0.25) is 9.59 Å². The smallest absolute Gasteiger partial charge is 0.408 e. The molecule has 4 rings (SSSR count). The van der Waals surface area contributed by atoms with Gasteiger partial charge in [0.05, 0.1) is 39.2 Å². The fraction of sp³-hybridized carbons (Fsp3) is 0.839. The van der Waals surface area contributed by atoms with Crippen molar-refractivity contribution in [3.05, 3.63) is 0 Å². The second kappa shape index (κ2) is 13.2. The highest BCUT2D eigenvalue weighted by atomic mass is 32.2. The van der Waals surface area contributed by atoms with Crippen LogP contribution in [0.5, 0.6) is 0 Å². The van der Waals surface area contributed by atoms with Crippen LogP contribution in [0.1, 0.15) is 88.0 Å². The molecule has 14 nitrogen and oxygen atoms in total. The third-order valence-corrected chi connectivity index (χ3v) is 14.3. The molecule has 47 heavy (non-hydrogen) atoms. The van der Waals surface area contributed by atoms with E-state index >= 15 is 0 Å². The van der Waals surface area contributed by atoms with E-state index in [9.17, 15) is 36.5 Å². The van der Waals surface area contributed by atoms with E-state index in [0.717, 1.165) is 12.8 Å². The molecule has 4 fully saturated rings. The van der Waals surface area contributed by atoms with Gasteiger partial charge in [-0.25, -0.2) is 21.6 Å². The number of hydrogen-bond donors (Lipinski definition) is 2. The molecule has 3 amide bonds. The van der Waals surface area contributed by atoms with Crippen LogP contribution >= 0.6 is 0 Å². The van der Waals surface area contributed by atoms with Crippen molar-refractivity contribution in [2.24, 2.45) is 17.6 Å². The van der Waals surface area contributed by atoms with Crippen molar-refractivity contribution in [2.45, 2.75) is 139 Å². The molecule has 2 aliphatic carbocycles. The summed E-state index contributed by atoms with van der Waals surface area (Å²) < 4.78 is 52.7. The molecule has 8 atom stereocenters. The summed E-state index contributed by atoms with van der Waals surface area (Å²) >= 11 is 0. The summed E-state index contributed by atoms with van der Waals surface area (Å²) in [7, 11) is -7.14. The fourth-order valence-electron chi connectivity index (χ4n) is 5.80. The Hall–Kier alpha value is -2.95. The lowest BCUT2D eigenvalue weighted by molar-refractivity contribution is -0.134. The topological polar surface area (TPSA) is 221 Å². The number of nitrogens with one attached hydrogen (secondary N) is 1. The van der Waals surface area contributed by atoms with Crippen molar-refractivity contribution in [1.29, 1.82) is 10.5 Å². The first-order valence-electron chi connectivity index (χ1n) is 15.9.